The van der Waals surface area contributed by atoms with Crippen LogP contribution in [0.25, 0.3) is 0 Å². The van der Waals surface area contributed by atoms with E-state index in [0.29, 0.717) is 0 Å². The molecule has 0 saturated carbocycles. The number of nitrogens with zero attached hydrogens (tertiary/aromatic N) is 1. The number of hydrogen-bond donors (Lipinski definition) is 3. The lowest BCUT2D eigenvalue weighted by atomic mass is 10.1. The summed E-state index contributed by atoms with van der Waals surface area (Å²) in [6.07, 6.45) is -0.614. The van der Waals surface area contributed by atoms with Crippen molar-refractivity contribution in [1.29, 1.82) is 0 Å². The summed E-state index contributed by atoms with van der Waals surface area (Å²) in [6, 6.07) is 7.20. The Balaban J connectivity index is 2.70. The molecule has 0 unspecified atom stereocenters. The van der Waals surface area contributed by atoms with Gasteiger partial charge in [0.05, 0.1) is 6.10 Å². The molecule has 0 spiro atoms. The SMILES string of the molecule is N/C(C[C@H](O)c1ccc(Br)cc1)=N\O. The number of amidine groups is 1. The van der Waals surface area contributed by atoms with Crippen molar-refractivity contribution in [2.24, 2.45) is 10.9 Å². The van der Waals surface area contributed by atoms with Crippen LogP contribution in [0.4, 0.5) is 0 Å². The molecule has 0 heterocycles. The van der Waals surface area contributed by atoms with Crippen LogP contribution in [0.15, 0.2) is 33.9 Å². The maximum atomic E-state index is 9.63. The number of oxime groups is 1. The van der Waals surface area contributed by atoms with Crippen molar-refractivity contribution in [2.45, 2.75) is 12.5 Å². The second kappa shape index (κ2) is 4.97. The first-order valence-electron chi connectivity index (χ1n) is 4.03. The van der Waals surface area contributed by atoms with E-state index in [-0.39, 0.29) is 12.3 Å². The maximum absolute atomic E-state index is 9.63. The monoisotopic (exact) mass is 258 g/mol. The zero-order valence-corrected chi connectivity index (χ0v) is 8.98. The van der Waals surface area contributed by atoms with Crippen LogP contribution >= 0.6 is 15.9 Å². The molecule has 5 heteroatoms. The predicted molar refractivity (Wildman–Crippen MR) is 57.1 cm³/mol. The van der Waals surface area contributed by atoms with Crippen molar-refractivity contribution >= 4 is 21.8 Å². The van der Waals surface area contributed by atoms with Gasteiger partial charge in [-0.3, -0.25) is 0 Å². The maximum Gasteiger partial charge on any atom is 0.142 e. The van der Waals surface area contributed by atoms with Gasteiger partial charge in [0.2, 0.25) is 0 Å². The number of rotatable bonds is 3. The molecule has 76 valence electrons. The fraction of sp³-hybridized carbons (Fsp3) is 0.222. The second-order valence-electron chi connectivity index (χ2n) is 2.86. The van der Waals surface area contributed by atoms with Crippen LogP contribution in [0.1, 0.15) is 18.1 Å². The van der Waals surface area contributed by atoms with Crippen LogP contribution < -0.4 is 5.73 Å². The summed E-state index contributed by atoms with van der Waals surface area (Å²) in [7, 11) is 0. The van der Waals surface area contributed by atoms with Gasteiger partial charge in [-0.05, 0) is 17.7 Å². The highest BCUT2D eigenvalue weighted by Gasteiger charge is 2.09. The summed E-state index contributed by atoms with van der Waals surface area (Å²) in [5, 5.41) is 20.7. The van der Waals surface area contributed by atoms with Crippen molar-refractivity contribution in [3.05, 3.63) is 34.3 Å². The largest absolute Gasteiger partial charge is 0.409 e. The Morgan fingerprint density at radius 2 is 2.00 bits per heavy atom. The fourth-order valence-electron chi connectivity index (χ4n) is 1.04. The van der Waals surface area contributed by atoms with Gasteiger partial charge in [-0.25, -0.2) is 0 Å². The molecule has 1 aromatic carbocycles. The van der Waals surface area contributed by atoms with Crippen LogP contribution in [0.3, 0.4) is 0 Å². The van der Waals surface area contributed by atoms with Crippen LogP contribution in [-0.4, -0.2) is 16.1 Å². The third-order valence-electron chi connectivity index (χ3n) is 1.79. The summed E-state index contributed by atoms with van der Waals surface area (Å²) in [5.74, 6) is 0.0143. The van der Waals surface area contributed by atoms with Gasteiger partial charge in [0.15, 0.2) is 0 Å². The number of aliphatic hydroxyl groups is 1. The fourth-order valence-corrected chi connectivity index (χ4v) is 1.31. The Bertz CT molecular complexity index is 324. The van der Waals surface area contributed by atoms with Crippen molar-refractivity contribution in [1.82, 2.24) is 0 Å². The molecule has 0 fully saturated rings. The molecule has 4 N–H and O–H groups in total. The first kappa shape index (κ1) is 11.0. The first-order chi connectivity index (χ1) is 6.63. The van der Waals surface area contributed by atoms with E-state index in [9.17, 15) is 5.11 Å². The van der Waals surface area contributed by atoms with Gasteiger partial charge in [0.1, 0.15) is 5.84 Å². The summed E-state index contributed by atoms with van der Waals surface area (Å²) < 4.78 is 0.942. The molecule has 4 nitrogen and oxygen atoms in total. The van der Waals surface area contributed by atoms with Gasteiger partial charge in [-0.2, -0.15) is 0 Å². The molecule has 0 saturated heterocycles. The normalized spacial score (nSPS) is 14.0. The lowest BCUT2D eigenvalue weighted by molar-refractivity contribution is 0.184. The lowest BCUT2D eigenvalue weighted by Crippen LogP contribution is -2.15. The van der Waals surface area contributed by atoms with E-state index in [1.807, 2.05) is 12.1 Å². The molecule has 0 aliphatic carbocycles. The number of halogens is 1. The summed E-state index contributed by atoms with van der Waals surface area (Å²) in [5.41, 5.74) is 6.01. The number of benzene rings is 1. The minimum atomic E-state index is -0.737. The molecule has 1 rings (SSSR count). The molecule has 14 heavy (non-hydrogen) atoms. The predicted octanol–water partition coefficient (Wildman–Crippen LogP) is 1.62. The first-order valence-corrected chi connectivity index (χ1v) is 4.82. The van der Waals surface area contributed by atoms with E-state index in [1.165, 1.54) is 0 Å². The molecule has 1 aromatic rings. The van der Waals surface area contributed by atoms with Gasteiger partial charge in [0.25, 0.3) is 0 Å². The Kier molecular flexibility index (Phi) is 3.91. The Morgan fingerprint density at radius 1 is 1.43 bits per heavy atom. The Morgan fingerprint density at radius 3 is 2.50 bits per heavy atom. The zero-order chi connectivity index (χ0) is 10.6. The molecular weight excluding hydrogens is 248 g/mol. The summed E-state index contributed by atoms with van der Waals surface area (Å²) >= 11 is 3.29. The van der Waals surface area contributed by atoms with Crippen molar-refractivity contribution in [3.8, 4) is 0 Å². The topological polar surface area (TPSA) is 78.8 Å². The third-order valence-corrected chi connectivity index (χ3v) is 2.31. The average Bonchev–Trinajstić information content (AvgIpc) is 2.18. The van der Waals surface area contributed by atoms with Gasteiger partial charge in [0, 0.05) is 10.9 Å². The van der Waals surface area contributed by atoms with Crippen LogP contribution in [0.5, 0.6) is 0 Å². The van der Waals surface area contributed by atoms with E-state index >= 15 is 0 Å². The average molecular weight is 259 g/mol. The van der Waals surface area contributed by atoms with Crippen molar-refractivity contribution in [3.63, 3.8) is 0 Å². The van der Waals surface area contributed by atoms with E-state index in [0.717, 1.165) is 10.0 Å². The Labute approximate surface area is 90.2 Å². The minimum absolute atomic E-state index is 0.0143. The van der Waals surface area contributed by atoms with E-state index < -0.39 is 6.10 Å². The van der Waals surface area contributed by atoms with Gasteiger partial charge < -0.3 is 16.0 Å². The van der Waals surface area contributed by atoms with Crippen LogP contribution in [0.2, 0.25) is 0 Å². The van der Waals surface area contributed by atoms with Gasteiger partial charge >= 0.3 is 0 Å². The molecule has 0 amide bonds. The zero-order valence-electron chi connectivity index (χ0n) is 7.39. The Hall–Kier alpha value is -1.07. The van der Waals surface area contributed by atoms with Gasteiger partial charge in [-0.1, -0.05) is 33.2 Å². The van der Waals surface area contributed by atoms with Crippen LogP contribution in [0, 0.1) is 0 Å². The molecule has 0 radical (unpaired) electrons. The smallest absolute Gasteiger partial charge is 0.142 e. The lowest BCUT2D eigenvalue weighted by Gasteiger charge is -2.09. The third kappa shape index (κ3) is 3.01. The number of hydrogen-bond acceptors (Lipinski definition) is 3. The number of aliphatic hydroxyl groups excluding tert-OH is 1. The molecule has 0 aliphatic heterocycles. The van der Waals surface area contributed by atoms with E-state index in [2.05, 4.69) is 21.1 Å². The van der Waals surface area contributed by atoms with E-state index in [1.54, 1.807) is 12.1 Å². The highest BCUT2D eigenvalue weighted by atomic mass is 79.9. The molecule has 0 aromatic heterocycles. The molecule has 1 atom stereocenters. The number of nitrogens with two attached hydrogens (primary N) is 1. The van der Waals surface area contributed by atoms with Gasteiger partial charge in [-0.15, -0.1) is 0 Å². The molecule has 0 bridgehead atoms. The van der Waals surface area contributed by atoms with Crippen molar-refractivity contribution in [2.75, 3.05) is 0 Å². The highest BCUT2D eigenvalue weighted by Crippen LogP contribution is 2.19. The van der Waals surface area contributed by atoms with Crippen molar-refractivity contribution < 1.29 is 10.3 Å². The molecule has 0 aliphatic rings. The minimum Gasteiger partial charge on any atom is -0.409 e. The second-order valence-corrected chi connectivity index (χ2v) is 3.78. The van der Waals surface area contributed by atoms with E-state index in [4.69, 9.17) is 10.9 Å². The highest BCUT2D eigenvalue weighted by molar-refractivity contribution is 9.10. The summed E-state index contributed by atoms with van der Waals surface area (Å²) in [4.78, 5) is 0. The quantitative estimate of drug-likeness (QED) is 0.334. The van der Waals surface area contributed by atoms with Crippen LogP contribution in [-0.2, 0) is 0 Å². The standard InChI is InChI=1S/C9H11BrN2O2/c10-7-3-1-6(2-4-7)8(13)5-9(11)12-14/h1-4,8,13-14H,5H2,(H2,11,12)/t8-/m0/s1. The molecular formula is C9H11BrN2O2. The summed E-state index contributed by atoms with van der Waals surface area (Å²) in [6.45, 7) is 0.